The summed E-state index contributed by atoms with van der Waals surface area (Å²) in [5.41, 5.74) is 1.92. The molecule has 8 heteroatoms. The van der Waals surface area contributed by atoms with Crippen LogP contribution in [-0.2, 0) is 0 Å². The lowest BCUT2D eigenvalue weighted by Crippen LogP contribution is -2.34. The fourth-order valence-corrected chi connectivity index (χ4v) is 4.70. The van der Waals surface area contributed by atoms with Gasteiger partial charge in [-0.15, -0.1) is 0 Å². The zero-order valence-corrected chi connectivity index (χ0v) is 16.8. The second-order valence-corrected chi connectivity index (χ2v) is 8.11. The van der Waals surface area contributed by atoms with Crippen LogP contribution >= 0.6 is 0 Å². The Bertz CT molecular complexity index is 1100. The highest BCUT2D eigenvalue weighted by molar-refractivity contribution is 5.86. The van der Waals surface area contributed by atoms with Crippen LogP contribution in [0.3, 0.4) is 0 Å². The Morgan fingerprint density at radius 1 is 1.03 bits per heavy atom. The first-order valence-corrected chi connectivity index (χ1v) is 10.3. The van der Waals surface area contributed by atoms with E-state index in [1.54, 1.807) is 11.1 Å². The van der Waals surface area contributed by atoms with E-state index >= 15 is 0 Å². The number of likely N-dealkylation sites (tertiary alicyclic amines) is 1. The second-order valence-electron chi connectivity index (χ2n) is 8.11. The van der Waals surface area contributed by atoms with E-state index in [1.165, 1.54) is 12.3 Å². The molecule has 0 bridgehead atoms. The van der Waals surface area contributed by atoms with Gasteiger partial charge in [-0.05, 0) is 42.9 Å². The number of carboxylic acids is 1. The fourth-order valence-electron chi connectivity index (χ4n) is 4.70. The monoisotopic (exact) mass is 418 g/mol. The van der Waals surface area contributed by atoms with Gasteiger partial charge in [0.05, 0.1) is 6.10 Å². The molecule has 1 N–H and O–H groups in total. The molecule has 1 aromatic carbocycles. The van der Waals surface area contributed by atoms with Crippen molar-refractivity contribution in [3.05, 3.63) is 66.7 Å². The molecule has 31 heavy (non-hydrogen) atoms. The van der Waals surface area contributed by atoms with E-state index in [2.05, 4.69) is 10.1 Å². The molecule has 1 aliphatic carbocycles. The van der Waals surface area contributed by atoms with Gasteiger partial charge in [-0.2, -0.15) is 9.78 Å². The molecule has 158 valence electrons. The highest BCUT2D eigenvalue weighted by atomic mass is 16.5. The number of hydrogen-bond acceptors (Lipinski definition) is 5. The van der Waals surface area contributed by atoms with Crippen molar-refractivity contribution in [3.63, 3.8) is 0 Å². The molecular weight excluding hydrogens is 396 g/mol. The van der Waals surface area contributed by atoms with E-state index in [4.69, 9.17) is 9.84 Å². The molecule has 1 aliphatic heterocycles. The van der Waals surface area contributed by atoms with Crippen molar-refractivity contribution < 1.29 is 19.4 Å². The van der Waals surface area contributed by atoms with Gasteiger partial charge in [0, 0.05) is 42.8 Å². The highest BCUT2D eigenvalue weighted by Crippen LogP contribution is 2.41. The number of fused-ring (bicyclic) bond motifs is 1. The lowest BCUT2D eigenvalue weighted by molar-refractivity contribution is 0.0690. The van der Waals surface area contributed by atoms with Crippen LogP contribution in [-0.4, -0.2) is 56.0 Å². The Labute approximate surface area is 179 Å². The molecule has 5 rings (SSSR count). The molecule has 0 spiro atoms. The summed E-state index contributed by atoms with van der Waals surface area (Å²) in [7, 11) is 0. The van der Waals surface area contributed by atoms with E-state index in [0.29, 0.717) is 24.9 Å². The summed E-state index contributed by atoms with van der Waals surface area (Å²) in [4.78, 5) is 29.7. The molecule has 3 atom stereocenters. The number of para-hydroxylation sites is 1. The molecule has 2 fully saturated rings. The number of ether oxygens (including phenoxy) is 1. The van der Waals surface area contributed by atoms with Crippen LogP contribution in [0.15, 0.2) is 61.1 Å². The van der Waals surface area contributed by atoms with Gasteiger partial charge in [0.1, 0.15) is 5.75 Å². The minimum atomic E-state index is -1.14. The molecule has 3 aromatic rings. The molecule has 3 heterocycles. The summed E-state index contributed by atoms with van der Waals surface area (Å²) < 4.78 is 7.51. The van der Waals surface area contributed by atoms with Crippen LogP contribution < -0.4 is 4.74 Å². The number of benzene rings is 1. The quantitative estimate of drug-likeness (QED) is 0.697. The lowest BCUT2D eigenvalue weighted by atomic mass is 10.0. The van der Waals surface area contributed by atoms with Gasteiger partial charge in [0.25, 0.3) is 0 Å². The molecule has 1 saturated carbocycles. The molecule has 2 aliphatic rings. The average Bonchev–Trinajstić information content (AvgIpc) is 3.49. The van der Waals surface area contributed by atoms with Gasteiger partial charge >= 0.3 is 12.0 Å². The molecule has 1 amide bonds. The van der Waals surface area contributed by atoms with Crippen LogP contribution in [0.2, 0.25) is 0 Å². The van der Waals surface area contributed by atoms with Gasteiger partial charge in [-0.1, -0.05) is 24.3 Å². The predicted molar refractivity (Wildman–Crippen MR) is 112 cm³/mol. The predicted octanol–water partition coefficient (Wildman–Crippen LogP) is 3.40. The molecule has 2 aromatic heterocycles. The number of carboxylic acid groups (broad SMARTS) is 1. The topological polar surface area (TPSA) is 97.5 Å². The third kappa shape index (κ3) is 3.76. The van der Waals surface area contributed by atoms with Crippen molar-refractivity contribution in [2.45, 2.75) is 18.9 Å². The minimum absolute atomic E-state index is 0.105. The van der Waals surface area contributed by atoms with Crippen LogP contribution in [0.25, 0.3) is 11.1 Å². The summed E-state index contributed by atoms with van der Waals surface area (Å²) in [6.07, 6.45) is 6.86. The molecule has 0 unspecified atom stereocenters. The van der Waals surface area contributed by atoms with E-state index in [1.807, 2.05) is 42.6 Å². The summed E-state index contributed by atoms with van der Waals surface area (Å²) in [6.45, 7) is 1.27. The van der Waals surface area contributed by atoms with E-state index < -0.39 is 5.97 Å². The summed E-state index contributed by atoms with van der Waals surface area (Å²) in [5.74, 6) is 0.450. The average molecular weight is 418 g/mol. The maximum atomic E-state index is 12.7. The number of hydrogen-bond donors (Lipinski definition) is 1. The van der Waals surface area contributed by atoms with Crippen LogP contribution in [0, 0.1) is 11.8 Å². The number of amides is 1. The maximum Gasteiger partial charge on any atom is 0.356 e. The largest absolute Gasteiger partial charge is 0.490 e. The second kappa shape index (κ2) is 7.86. The van der Waals surface area contributed by atoms with E-state index in [-0.39, 0.29) is 17.8 Å². The molecule has 0 radical (unpaired) electrons. The number of nitrogens with zero attached hydrogens (tertiary/aromatic N) is 4. The highest BCUT2D eigenvalue weighted by Gasteiger charge is 2.43. The summed E-state index contributed by atoms with van der Waals surface area (Å²) >= 11 is 0. The first kappa shape index (κ1) is 19.3. The smallest absolute Gasteiger partial charge is 0.356 e. The standard InChI is InChI=1S/C23H22N4O4/c28-22(29)20-7-9-27(25-20)23(30)26-13-16-10-18(11-17(16)14-26)31-21-6-2-1-5-19(21)15-4-3-8-24-12-15/h1-9,12,16-18H,10-11,13-14H2,(H,28,29)/t16-,17+,18+. The number of aromatic carboxylic acids is 1. The van der Waals surface area contributed by atoms with Crippen molar-refractivity contribution >= 4 is 12.0 Å². The maximum absolute atomic E-state index is 12.7. The van der Waals surface area contributed by atoms with Gasteiger partial charge in [0.15, 0.2) is 5.69 Å². The number of aromatic nitrogens is 3. The Balaban J connectivity index is 1.23. The Kier molecular flexibility index (Phi) is 4.89. The summed E-state index contributed by atoms with van der Waals surface area (Å²) in [6, 6.07) is 13.0. The van der Waals surface area contributed by atoms with Crippen molar-refractivity contribution in [1.82, 2.24) is 19.7 Å². The molecule has 8 nitrogen and oxygen atoms in total. The summed E-state index contributed by atoms with van der Waals surface area (Å²) in [5, 5.41) is 12.9. The van der Waals surface area contributed by atoms with Crippen LogP contribution in [0.1, 0.15) is 23.3 Å². The third-order valence-corrected chi connectivity index (χ3v) is 6.14. The number of rotatable bonds is 4. The van der Waals surface area contributed by atoms with Gasteiger partial charge in [0.2, 0.25) is 0 Å². The van der Waals surface area contributed by atoms with Crippen molar-refractivity contribution in [3.8, 4) is 16.9 Å². The van der Waals surface area contributed by atoms with Crippen LogP contribution in [0.5, 0.6) is 5.75 Å². The van der Waals surface area contributed by atoms with Crippen molar-refractivity contribution in [2.24, 2.45) is 11.8 Å². The first-order chi connectivity index (χ1) is 15.1. The SMILES string of the molecule is O=C(O)c1ccn(C(=O)N2C[C@H]3C[C@H](Oc4ccccc4-c4cccnc4)C[C@H]3C2)n1. The minimum Gasteiger partial charge on any atom is -0.490 e. The zero-order valence-electron chi connectivity index (χ0n) is 16.8. The van der Waals surface area contributed by atoms with Crippen molar-refractivity contribution in [1.29, 1.82) is 0 Å². The van der Waals surface area contributed by atoms with Crippen molar-refractivity contribution in [2.75, 3.05) is 13.1 Å². The van der Waals surface area contributed by atoms with Gasteiger partial charge < -0.3 is 14.7 Å². The number of carbonyl (C=O) groups excluding carboxylic acids is 1. The molecular formula is C23H22N4O4. The first-order valence-electron chi connectivity index (χ1n) is 10.3. The molecule has 1 saturated heterocycles. The third-order valence-electron chi connectivity index (χ3n) is 6.14. The number of carbonyl (C=O) groups is 2. The van der Waals surface area contributed by atoms with E-state index in [9.17, 15) is 9.59 Å². The Hall–Kier alpha value is -3.68. The van der Waals surface area contributed by atoms with Crippen LogP contribution in [0.4, 0.5) is 4.79 Å². The Morgan fingerprint density at radius 2 is 1.81 bits per heavy atom. The van der Waals surface area contributed by atoms with Gasteiger partial charge in [-0.25, -0.2) is 9.59 Å². The lowest BCUT2D eigenvalue weighted by Gasteiger charge is -2.21. The normalized spacial score (nSPS) is 22.3. The van der Waals surface area contributed by atoms with E-state index in [0.717, 1.165) is 34.4 Å². The zero-order chi connectivity index (χ0) is 21.4. The number of pyridine rings is 1. The Morgan fingerprint density at radius 3 is 2.48 bits per heavy atom. The van der Waals surface area contributed by atoms with Gasteiger partial charge in [-0.3, -0.25) is 4.98 Å². The fraction of sp³-hybridized carbons (Fsp3) is 0.304.